The summed E-state index contributed by atoms with van der Waals surface area (Å²) in [5.74, 6) is -0.694. The zero-order valence-electron chi connectivity index (χ0n) is 15.6. The Bertz CT molecular complexity index is 1040. The second kappa shape index (κ2) is 7.87. The molecule has 1 atom stereocenters. The van der Waals surface area contributed by atoms with Gasteiger partial charge in [-0.1, -0.05) is 25.1 Å². The fraction of sp³-hybridized carbons (Fsp3) is 0.211. The van der Waals surface area contributed by atoms with Gasteiger partial charge in [0.15, 0.2) is 0 Å². The first-order chi connectivity index (χ1) is 13.4. The van der Waals surface area contributed by atoms with Crippen LogP contribution in [0.4, 0.5) is 17.5 Å². The first kappa shape index (κ1) is 19.0. The van der Waals surface area contributed by atoms with Crippen molar-refractivity contribution in [2.24, 2.45) is 11.5 Å². The molecule has 144 valence electrons. The minimum absolute atomic E-state index is 0.123. The highest BCUT2D eigenvalue weighted by Gasteiger charge is 2.22. The molecule has 3 aromatic rings. The lowest BCUT2D eigenvalue weighted by atomic mass is 10.2. The number of aromatic nitrogens is 3. The van der Waals surface area contributed by atoms with E-state index < -0.39 is 17.9 Å². The zero-order chi connectivity index (χ0) is 20.3. The van der Waals surface area contributed by atoms with Gasteiger partial charge in [0.25, 0.3) is 5.91 Å². The van der Waals surface area contributed by atoms with Gasteiger partial charge in [-0.15, -0.1) is 0 Å². The monoisotopic (exact) mass is 379 g/mol. The Morgan fingerprint density at radius 2 is 1.93 bits per heavy atom. The fourth-order valence-electron chi connectivity index (χ4n) is 2.90. The molecular weight excluding hydrogens is 358 g/mol. The highest BCUT2D eigenvalue weighted by molar-refractivity contribution is 5.98. The predicted octanol–water partition coefficient (Wildman–Crippen LogP) is 1.57. The highest BCUT2D eigenvalue weighted by atomic mass is 16.1. The van der Waals surface area contributed by atoms with Crippen LogP contribution in [0.5, 0.6) is 0 Å². The summed E-state index contributed by atoms with van der Waals surface area (Å²) in [6.07, 6.45) is 3.45. The van der Waals surface area contributed by atoms with Crippen molar-refractivity contribution in [1.29, 1.82) is 0 Å². The summed E-state index contributed by atoms with van der Waals surface area (Å²) in [5, 5.41) is 4.00. The molecule has 9 heteroatoms. The number of carbonyl (C=O) groups is 2. The van der Waals surface area contributed by atoms with Crippen LogP contribution in [0.15, 0.2) is 42.7 Å². The van der Waals surface area contributed by atoms with Crippen molar-refractivity contribution >= 4 is 40.2 Å². The van der Waals surface area contributed by atoms with E-state index in [0.29, 0.717) is 12.1 Å². The Hall–Kier alpha value is -3.75. The fourth-order valence-corrected chi connectivity index (χ4v) is 2.90. The van der Waals surface area contributed by atoms with Crippen molar-refractivity contribution in [1.82, 2.24) is 15.0 Å². The molecule has 0 spiro atoms. The molecule has 2 heterocycles. The molecule has 0 saturated heterocycles. The van der Waals surface area contributed by atoms with Crippen molar-refractivity contribution in [3.63, 3.8) is 0 Å². The molecule has 0 aliphatic carbocycles. The largest absolute Gasteiger partial charge is 0.368 e. The number of pyridine rings is 1. The molecule has 1 aromatic carbocycles. The Morgan fingerprint density at radius 1 is 1.18 bits per heavy atom. The van der Waals surface area contributed by atoms with E-state index in [1.54, 1.807) is 18.1 Å². The molecule has 1 unspecified atom stereocenters. The molecule has 2 aromatic heterocycles. The van der Waals surface area contributed by atoms with Gasteiger partial charge in [-0.25, -0.2) is 4.98 Å². The normalized spacial score (nSPS) is 11.8. The van der Waals surface area contributed by atoms with Gasteiger partial charge in [0.2, 0.25) is 11.9 Å². The number of likely N-dealkylation sites (N-methyl/N-ethyl adjacent to an activating group) is 1. The molecule has 0 bridgehead atoms. The smallest absolute Gasteiger partial charge is 0.254 e. The Morgan fingerprint density at radius 3 is 2.61 bits per heavy atom. The third-order valence-corrected chi connectivity index (χ3v) is 4.39. The van der Waals surface area contributed by atoms with Crippen LogP contribution < -0.4 is 21.7 Å². The Balaban J connectivity index is 1.99. The number of anilines is 3. The number of nitrogens with one attached hydrogen (secondary N) is 1. The van der Waals surface area contributed by atoms with Crippen molar-refractivity contribution in [3.05, 3.63) is 48.3 Å². The first-order valence-electron chi connectivity index (χ1n) is 8.71. The van der Waals surface area contributed by atoms with E-state index in [4.69, 9.17) is 11.5 Å². The maximum absolute atomic E-state index is 11.8. The number of carbonyl (C=O) groups excluding carboxylic acids is 2. The third-order valence-electron chi connectivity index (χ3n) is 4.39. The quantitative estimate of drug-likeness (QED) is 0.566. The van der Waals surface area contributed by atoms with Crippen LogP contribution in [-0.4, -0.2) is 39.9 Å². The third kappa shape index (κ3) is 3.83. The number of primary amides is 2. The van der Waals surface area contributed by atoms with Gasteiger partial charge in [0.1, 0.15) is 17.4 Å². The number of hydrogen-bond donors (Lipinski definition) is 3. The lowest BCUT2D eigenvalue weighted by molar-refractivity contribution is -0.119. The van der Waals surface area contributed by atoms with E-state index >= 15 is 0 Å². The van der Waals surface area contributed by atoms with Crippen LogP contribution in [0.25, 0.3) is 10.9 Å². The topological polar surface area (TPSA) is 140 Å². The van der Waals surface area contributed by atoms with Gasteiger partial charge in [-0.05, 0) is 18.6 Å². The molecule has 9 nitrogen and oxygen atoms in total. The van der Waals surface area contributed by atoms with Crippen LogP contribution in [0.3, 0.4) is 0 Å². The van der Waals surface area contributed by atoms with E-state index in [-0.39, 0.29) is 17.3 Å². The summed E-state index contributed by atoms with van der Waals surface area (Å²) in [5.41, 5.74) is 12.5. The molecule has 2 amide bonds. The van der Waals surface area contributed by atoms with E-state index in [0.717, 1.165) is 10.9 Å². The lowest BCUT2D eigenvalue weighted by Gasteiger charge is -2.25. The van der Waals surface area contributed by atoms with E-state index in [1.807, 2.05) is 37.3 Å². The van der Waals surface area contributed by atoms with E-state index in [9.17, 15) is 9.59 Å². The van der Waals surface area contributed by atoms with E-state index in [2.05, 4.69) is 20.3 Å². The Kier molecular flexibility index (Phi) is 5.35. The van der Waals surface area contributed by atoms with Gasteiger partial charge in [0.05, 0.1) is 17.4 Å². The number of hydrogen-bond acceptors (Lipinski definition) is 7. The minimum atomic E-state index is -0.674. The van der Waals surface area contributed by atoms with Gasteiger partial charge in [0, 0.05) is 18.6 Å². The van der Waals surface area contributed by atoms with Crippen LogP contribution >= 0.6 is 0 Å². The molecule has 0 saturated carbocycles. The number of para-hydroxylation sites is 1. The predicted molar refractivity (Wildman–Crippen MR) is 107 cm³/mol. The van der Waals surface area contributed by atoms with Gasteiger partial charge < -0.3 is 21.7 Å². The molecule has 3 rings (SSSR count). The molecule has 0 radical (unpaired) electrons. The second-order valence-corrected chi connectivity index (χ2v) is 6.28. The average molecular weight is 379 g/mol. The Labute approximate surface area is 161 Å². The SMILES string of the molecule is CCC(C(N)=O)N(C)c1ncc(C(N)=O)c(Nc2cnc3ccccc3c2)n1. The van der Waals surface area contributed by atoms with Crippen LogP contribution in [0.1, 0.15) is 23.7 Å². The summed E-state index contributed by atoms with van der Waals surface area (Å²) in [7, 11) is 1.67. The standard InChI is InChI=1S/C19H21N7O2/c1-3-15(17(21)28)26(2)19-23-10-13(16(20)27)18(25-19)24-12-8-11-6-4-5-7-14(11)22-9-12/h4-10,15H,3H2,1-2H3,(H2,20,27)(H2,21,28)(H,23,24,25). The van der Waals surface area contributed by atoms with Crippen LogP contribution in [-0.2, 0) is 4.79 Å². The average Bonchev–Trinajstić information content (AvgIpc) is 2.67. The summed E-state index contributed by atoms with van der Waals surface area (Å²) >= 11 is 0. The summed E-state index contributed by atoms with van der Waals surface area (Å²) in [4.78, 5) is 37.9. The van der Waals surface area contributed by atoms with Crippen molar-refractivity contribution in [3.8, 4) is 0 Å². The summed E-state index contributed by atoms with van der Waals surface area (Å²) in [6, 6.07) is 8.96. The number of nitrogens with zero attached hydrogens (tertiary/aromatic N) is 4. The lowest BCUT2D eigenvalue weighted by Crippen LogP contribution is -2.43. The second-order valence-electron chi connectivity index (χ2n) is 6.28. The number of amides is 2. The van der Waals surface area contributed by atoms with Crippen LogP contribution in [0.2, 0.25) is 0 Å². The molecule has 0 aliphatic rings. The van der Waals surface area contributed by atoms with Crippen molar-refractivity contribution < 1.29 is 9.59 Å². The van der Waals surface area contributed by atoms with E-state index in [1.165, 1.54) is 6.20 Å². The first-order valence-corrected chi connectivity index (χ1v) is 8.71. The van der Waals surface area contributed by atoms with Crippen LogP contribution in [0, 0.1) is 0 Å². The van der Waals surface area contributed by atoms with Gasteiger partial charge in [-0.3, -0.25) is 14.6 Å². The van der Waals surface area contributed by atoms with Crippen molar-refractivity contribution in [2.45, 2.75) is 19.4 Å². The minimum Gasteiger partial charge on any atom is -0.368 e. The molecule has 5 N–H and O–H groups in total. The summed E-state index contributed by atoms with van der Waals surface area (Å²) < 4.78 is 0. The number of benzene rings is 1. The number of fused-ring (bicyclic) bond motifs is 1. The number of rotatable bonds is 7. The van der Waals surface area contributed by atoms with Gasteiger partial charge in [-0.2, -0.15) is 4.98 Å². The van der Waals surface area contributed by atoms with Crippen molar-refractivity contribution in [2.75, 3.05) is 17.3 Å². The zero-order valence-corrected chi connectivity index (χ0v) is 15.6. The number of nitrogens with two attached hydrogens (primary N) is 2. The highest BCUT2D eigenvalue weighted by Crippen LogP contribution is 2.23. The summed E-state index contributed by atoms with van der Waals surface area (Å²) in [6.45, 7) is 1.84. The molecular formula is C19H21N7O2. The van der Waals surface area contributed by atoms with Gasteiger partial charge >= 0.3 is 0 Å². The molecule has 0 fully saturated rings. The molecule has 28 heavy (non-hydrogen) atoms. The molecule has 0 aliphatic heterocycles. The maximum atomic E-state index is 11.8. The maximum Gasteiger partial charge on any atom is 0.254 e.